The molecule has 23 heavy (non-hydrogen) atoms. The van der Waals surface area contributed by atoms with E-state index in [0.717, 1.165) is 0 Å². The lowest BCUT2D eigenvalue weighted by molar-refractivity contribution is -0.119. The van der Waals surface area contributed by atoms with Crippen molar-refractivity contribution in [3.05, 3.63) is 53.1 Å². The lowest BCUT2D eigenvalue weighted by Gasteiger charge is -2.08. The maximum atomic E-state index is 11.8. The van der Waals surface area contributed by atoms with Crippen LogP contribution < -0.4 is 10.7 Å². The summed E-state index contributed by atoms with van der Waals surface area (Å²) < 4.78 is 0. The number of rotatable bonds is 5. The highest BCUT2D eigenvalue weighted by atomic mass is 35.5. The summed E-state index contributed by atoms with van der Waals surface area (Å²) in [5, 5.41) is 26.5. The zero-order valence-corrected chi connectivity index (χ0v) is 13.1. The topological polar surface area (TPSA) is 94.0 Å². The van der Waals surface area contributed by atoms with E-state index in [1.54, 1.807) is 31.2 Å². The smallest absolute Gasteiger partial charge is 0.259 e. The number of hydrogen-bond acceptors (Lipinski definition) is 5. The molecule has 2 rings (SSSR count). The van der Waals surface area contributed by atoms with Gasteiger partial charge in [0.25, 0.3) is 5.91 Å². The first-order valence-electron chi connectivity index (χ1n) is 6.81. The number of hydrazone groups is 1. The highest BCUT2D eigenvalue weighted by Gasteiger charge is 2.07. The number of nitrogens with zero attached hydrogens (tertiary/aromatic N) is 1. The Bertz CT molecular complexity index is 747. The first-order chi connectivity index (χ1) is 11.0. The number of para-hydroxylation sites is 1. The van der Waals surface area contributed by atoms with Gasteiger partial charge < -0.3 is 15.5 Å². The van der Waals surface area contributed by atoms with Gasteiger partial charge in [-0.25, -0.2) is 5.43 Å². The SMILES string of the molecule is C/C(=N/NC(=O)CNc1ccccc1Cl)c1cc(O)ccc1O. The molecule has 0 saturated carbocycles. The Kier molecular flexibility index (Phi) is 5.43. The number of phenolic OH excluding ortho intramolecular Hbond substituents is 2. The second kappa shape index (κ2) is 7.51. The van der Waals surface area contributed by atoms with Gasteiger partial charge in [0, 0.05) is 5.56 Å². The standard InChI is InChI=1S/C16H16ClN3O3/c1-10(12-8-11(21)6-7-15(12)22)19-20-16(23)9-18-14-5-3-2-4-13(14)17/h2-8,18,21-22H,9H2,1H3,(H,20,23)/b19-10-. The van der Waals surface area contributed by atoms with Crippen molar-refractivity contribution in [2.75, 3.05) is 11.9 Å². The normalized spacial score (nSPS) is 11.1. The molecule has 7 heteroatoms. The van der Waals surface area contributed by atoms with E-state index in [0.29, 0.717) is 22.0 Å². The molecule has 120 valence electrons. The molecule has 0 aliphatic carbocycles. The average molecular weight is 334 g/mol. The number of halogens is 1. The molecular weight excluding hydrogens is 318 g/mol. The van der Waals surface area contributed by atoms with Crippen molar-refractivity contribution in [3.8, 4) is 11.5 Å². The van der Waals surface area contributed by atoms with E-state index >= 15 is 0 Å². The van der Waals surface area contributed by atoms with Gasteiger partial charge >= 0.3 is 0 Å². The summed E-state index contributed by atoms with van der Waals surface area (Å²) in [5.74, 6) is -0.407. The molecule has 6 nitrogen and oxygen atoms in total. The van der Waals surface area contributed by atoms with Gasteiger partial charge in [0.05, 0.1) is 23.0 Å². The fourth-order valence-electron chi connectivity index (χ4n) is 1.84. The molecule has 2 aromatic rings. The number of anilines is 1. The van der Waals surface area contributed by atoms with Gasteiger partial charge in [-0.05, 0) is 37.3 Å². The third-order valence-corrected chi connectivity index (χ3v) is 3.36. The Morgan fingerprint density at radius 2 is 1.96 bits per heavy atom. The highest BCUT2D eigenvalue weighted by molar-refractivity contribution is 6.33. The molecule has 0 heterocycles. The predicted molar refractivity (Wildman–Crippen MR) is 90.1 cm³/mol. The molecule has 2 aromatic carbocycles. The number of carbonyl (C=O) groups excluding carboxylic acids is 1. The Balaban J connectivity index is 1.95. The van der Waals surface area contributed by atoms with E-state index < -0.39 is 0 Å². The van der Waals surface area contributed by atoms with Crippen molar-refractivity contribution in [1.82, 2.24) is 5.43 Å². The lowest BCUT2D eigenvalue weighted by Crippen LogP contribution is -2.26. The summed E-state index contributed by atoms with van der Waals surface area (Å²) in [5.41, 5.74) is 3.72. The van der Waals surface area contributed by atoms with Crippen LogP contribution in [0.5, 0.6) is 11.5 Å². The van der Waals surface area contributed by atoms with E-state index in [-0.39, 0.29) is 24.0 Å². The molecule has 0 aliphatic heterocycles. The lowest BCUT2D eigenvalue weighted by atomic mass is 10.1. The van der Waals surface area contributed by atoms with Crippen LogP contribution in [-0.4, -0.2) is 28.4 Å². The molecule has 4 N–H and O–H groups in total. The number of amides is 1. The Morgan fingerprint density at radius 3 is 2.70 bits per heavy atom. The van der Waals surface area contributed by atoms with Crippen molar-refractivity contribution in [3.63, 3.8) is 0 Å². The molecule has 0 saturated heterocycles. The maximum Gasteiger partial charge on any atom is 0.259 e. The van der Waals surface area contributed by atoms with E-state index in [4.69, 9.17) is 11.6 Å². The fourth-order valence-corrected chi connectivity index (χ4v) is 2.04. The number of hydrogen-bond donors (Lipinski definition) is 4. The van der Waals surface area contributed by atoms with Crippen molar-refractivity contribution in [2.45, 2.75) is 6.92 Å². The third kappa shape index (κ3) is 4.62. The minimum absolute atomic E-state index is 0.000868. The maximum absolute atomic E-state index is 11.8. The van der Waals surface area contributed by atoms with Crippen molar-refractivity contribution in [2.24, 2.45) is 5.10 Å². The minimum Gasteiger partial charge on any atom is -0.508 e. The number of phenols is 2. The van der Waals surface area contributed by atoms with Crippen LogP contribution in [-0.2, 0) is 4.79 Å². The quantitative estimate of drug-likeness (QED) is 0.384. The van der Waals surface area contributed by atoms with E-state index in [1.807, 2.05) is 0 Å². The fraction of sp³-hybridized carbons (Fsp3) is 0.125. The van der Waals surface area contributed by atoms with Crippen molar-refractivity contribution in [1.29, 1.82) is 0 Å². The van der Waals surface area contributed by atoms with Gasteiger partial charge in [-0.15, -0.1) is 0 Å². The van der Waals surface area contributed by atoms with Gasteiger partial charge in [-0.3, -0.25) is 4.79 Å². The first kappa shape index (κ1) is 16.6. The van der Waals surface area contributed by atoms with E-state index in [2.05, 4.69) is 15.8 Å². The van der Waals surface area contributed by atoms with Gasteiger partial charge in [-0.1, -0.05) is 23.7 Å². The zero-order valence-electron chi connectivity index (χ0n) is 12.4. The molecule has 0 spiro atoms. The Hall–Kier alpha value is -2.73. The van der Waals surface area contributed by atoms with Crippen LogP contribution in [0.3, 0.4) is 0 Å². The second-order valence-corrected chi connectivity index (χ2v) is 5.17. The Morgan fingerprint density at radius 1 is 1.22 bits per heavy atom. The van der Waals surface area contributed by atoms with E-state index in [1.165, 1.54) is 18.2 Å². The Labute approximate surface area is 138 Å². The molecule has 0 atom stereocenters. The third-order valence-electron chi connectivity index (χ3n) is 3.03. The minimum atomic E-state index is -0.371. The molecule has 0 aliphatic rings. The monoisotopic (exact) mass is 333 g/mol. The number of aromatic hydroxyl groups is 2. The molecule has 1 amide bonds. The zero-order chi connectivity index (χ0) is 16.8. The second-order valence-electron chi connectivity index (χ2n) is 4.77. The summed E-state index contributed by atoms with van der Waals surface area (Å²) in [4.78, 5) is 11.8. The van der Waals surface area contributed by atoms with Crippen LogP contribution in [0.25, 0.3) is 0 Å². The van der Waals surface area contributed by atoms with Crippen LogP contribution >= 0.6 is 11.6 Å². The van der Waals surface area contributed by atoms with Crippen LogP contribution in [0.15, 0.2) is 47.6 Å². The van der Waals surface area contributed by atoms with E-state index in [9.17, 15) is 15.0 Å². The van der Waals surface area contributed by atoms with Crippen LogP contribution in [0, 0.1) is 0 Å². The summed E-state index contributed by atoms with van der Waals surface area (Å²) in [6, 6.07) is 11.1. The summed E-state index contributed by atoms with van der Waals surface area (Å²) >= 11 is 5.97. The van der Waals surface area contributed by atoms with Gasteiger partial charge in [0.15, 0.2) is 0 Å². The largest absolute Gasteiger partial charge is 0.508 e. The average Bonchev–Trinajstić information content (AvgIpc) is 2.54. The molecule has 0 fully saturated rings. The molecule has 0 unspecified atom stereocenters. The molecule has 0 radical (unpaired) electrons. The van der Waals surface area contributed by atoms with Crippen molar-refractivity contribution < 1.29 is 15.0 Å². The molecule has 0 aromatic heterocycles. The summed E-state index contributed by atoms with van der Waals surface area (Å²) in [7, 11) is 0. The molecular formula is C16H16ClN3O3. The highest BCUT2D eigenvalue weighted by Crippen LogP contribution is 2.22. The number of nitrogens with one attached hydrogen (secondary N) is 2. The van der Waals surface area contributed by atoms with Crippen LogP contribution in [0.1, 0.15) is 12.5 Å². The predicted octanol–water partition coefficient (Wildman–Crippen LogP) is 2.70. The van der Waals surface area contributed by atoms with Gasteiger partial charge in [0.1, 0.15) is 11.5 Å². The van der Waals surface area contributed by atoms with Gasteiger partial charge in [-0.2, -0.15) is 5.10 Å². The number of benzene rings is 2. The summed E-state index contributed by atoms with van der Waals surface area (Å²) in [6.45, 7) is 1.60. The van der Waals surface area contributed by atoms with Crippen LogP contribution in [0.2, 0.25) is 5.02 Å². The van der Waals surface area contributed by atoms with Crippen molar-refractivity contribution >= 4 is 28.9 Å². The van der Waals surface area contributed by atoms with Gasteiger partial charge in [0.2, 0.25) is 0 Å². The number of carbonyl (C=O) groups is 1. The van der Waals surface area contributed by atoms with Crippen LogP contribution in [0.4, 0.5) is 5.69 Å². The first-order valence-corrected chi connectivity index (χ1v) is 7.19. The summed E-state index contributed by atoms with van der Waals surface area (Å²) in [6.07, 6.45) is 0. The molecule has 0 bridgehead atoms.